The topological polar surface area (TPSA) is 61.9 Å². The number of nitrogens with zero attached hydrogens (tertiary/aromatic N) is 2. The zero-order valence-corrected chi connectivity index (χ0v) is 16.1. The van der Waals surface area contributed by atoms with Gasteiger partial charge in [0.05, 0.1) is 12.2 Å². The maximum absolute atomic E-state index is 13.1. The minimum atomic E-state index is -0.0384. The highest BCUT2D eigenvalue weighted by Gasteiger charge is 2.34. The molecule has 0 aromatic heterocycles. The van der Waals surface area contributed by atoms with Gasteiger partial charge in [-0.3, -0.25) is 9.69 Å². The number of amides is 3. The predicted molar refractivity (Wildman–Crippen MR) is 102 cm³/mol. The molecule has 2 aliphatic rings. The number of aryl methyl sites for hydroxylation is 1. The zero-order valence-electron chi connectivity index (χ0n) is 16.1. The first-order chi connectivity index (χ1) is 12.3. The minimum Gasteiger partial charge on any atom is -0.487 e. The van der Waals surface area contributed by atoms with Crippen LogP contribution in [-0.4, -0.2) is 48.6 Å². The highest BCUT2D eigenvalue weighted by atomic mass is 16.5. The molecule has 2 heterocycles. The van der Waals surface area contributed by atoms with Gasteiger partial charge in [0.2, 0.25) is 5.91 Å². The van der Waals surface area contributed by atoms with Crippen molar-refractivity contribution in [2.24, 2.45) is 5.92 Å². The summed E-state index contributed by atoms with van der Waals surface area (Å²) in [5, 5.41) is 2.98. The third-order valence-corrected chi connectivity index (χ3v) is 4.97. The van der Waals surface area contributed by atoms with Crippen LogP contribution in [0.25, 0.3) is 0 Å². The highest BCUT2D eigenvalue weighted by Crippen LogP contribution is 2.35. The Labute approximate surface area is 155 Å². The summed E-state index contributed by atoms with van der Waals surface area (Å²) < 4.78 is 5.87. The van der Waals surface area contributed by atoms with Crippen molar-refractivity contribution >= 4 is 17.6 Å². The first-order valence-electron chi connectivity index (χ1n) is 9.49. The van der Waals surface area contributed by atoms with Crippen LogP contribution < -0.4 is 15.0 Å². The van der Waals surface area contributed by atoms with Gasteiger partial charge >= 0.3 is 6.03 Å². The number of ether oxygens (including phenoxy) is 1. The maximum atomic E-state index is 13.1. The van der Waals surface area contributed by atoms with E-state index in [0.29, 0.717) is 32.5 Å². The van der Waals surface area contributed by atoms with E-state index < -0.39 is 0 Å². The Hall–Kier alpha value is -2.24. The van der Waals surface area contributed by atoms with Crippen LogP contribution in [0.3, 0.4) is 0 Å². The van der Waals surface area contributed by atoms with Crippen LogP contribution in [0.1, 0.15) is 39.2 Å². The largest absolute Gasteiger partial charge is 0.487 e. The van der Waals surface area contributed by atoms with Gasteiger partial charge in [-0.05, 0) is 58.2 Å². The molecule has 1 N–H and O–H groups in total. The van der Waals surface area contributed by atoms with Crippen molar-refractivity contribution in [2.45, 2.75) is 52.7 Å². The van der Waals surface area contributed by atoms with Gasteiger partial charge in [-0.1, -0.05) is 6.07 Å². The molecule has 142 valence electrons. The van der Waals surface area contributed by atoms with E-state index in [2.05, 4.69) is 5.32 Å². The molecule has 1 atom stereocenters. The molecule has 1 aromatic rings. The van der Waals surface area contributed by atoms with E-state index in [4.69, 9.17) is 4.74 Å². The number of piperidine rings is 1. The Balaban J connectivity index is 1.68. The van der Waals surface area contributed by atoms with Crippen molar-refractivity contribution in [2.75, 3.05) is 24.5 Å². The summed E-state index contributed by atoms with van der Waals surface area (Å²) in [5.41, 5.74) is 1.94. The summed E-state index contributed by atoms with van der Waals surface area (Å²) in [7, 11) is 0. The maximum Gasteiger partial charge on any atom is 0.324 e. The van der Waals surface area contributed by atoms with Gasteiger partial charge in [-0.15, -0.1) is 0 Å². The van der Waals surface area contributed by atoms with E-state index in [1.54, 1.807) is 0 Å². The van der Waals surface area contributed by atoms with Crippen LogP contribution in [0.4, 0.5) is 10.5 Å². The van der Waals surface area contributed by atoms with Gasteiger partial charge < -0.3 is 15.0 Å². The van der Waals surface area contributed by atoms with Crippen molar-refractivity contribution < 1.29 is 14.3 Å². The summed E-state index contributed by atoms with van der Waals surface area (Å²) in [5.74, 6) is 0.863. The fourth-order valence-electron chi connectivity index (χ4n) is 3.63. The predicted octanol–water partition coefficient (Wildman–Crippen LogP) is 2.94. The second-order valence-electron chi connectivity index (χ2n) is 7.72. The fraction of sp³-hybridized carbons (Fsp3) is 0.600. The first-order valence-corrected chi connectivity index (χ1v) is 9.49. The first kappa shape index (κ1) is 18.5. The Morgan fingerprint density at radius 1 is 1.23 bits per heavy atom. The molecular formula is C20H29N3O3. The SMILES string of the molecule is Cc1ccc2c(c1)N(C(=O)N1CCC(C(=O)NC(C)C)CC1)C[C@H](C)O2. The fourth-order valence-corrected chi connectivity index (χ4v) is 3.63. The molecule has 0 bridgehead atoms. The van der Waals surface area contributed by atoms with E-state index in [1.165, 1.54) is 0 Å². The Morgan fingerprint density at radius 2 is 1.92 bits per heavy atom. The van der Waals surface area contributed by atoms with Crippen LogP contribution in [0.5, 0.6) is 5.75 Å². The molecule has 3 rings (SSSR count). The van der Waals surface area contributed by atoms with Crippen molar-refractivity contribution in [3.8, 4) is 5.75 Å². The van der Waals surface area contributed by atoms with Crippen LogP contribution in [0, 0.1) is 12.8 Å². The number of hydrogen-bond donors (Lipinski definition) is 1. The molecule has 0 aliphatic carbocycles. The van der Waals surface area contributed by atoms with Gasteiger partial charge in [-0.25, -0.2) is 4.79 Å². The lowest BCUT2D eigenvalue weighted by Gasteiger charge is -2.39. The monoisotopic (exact) mass is 359 g/mol. The number of carbonyl (C=O) groups is 2. The van der Waals surface area contributed by atoms with Gasteiger partial charge in [0, 0.05) is 25.0 Å². The Morgan fingerprint density at radius 3 is 2.58 bits per heavy atom. The lowest BCUT2D eigenvalue weighted by Crippen LogP contribution is -2.52. The number of hydrogen-bond acceptors (Lipinski definition) is 3. The molecule has 6 heteroatoms. The molecular weight excluding hydrogens is 330 g/mol. The molecule has 0 unspecified atom stereocenters. The number of benzene rings is 1. The number of carbonyl (C=O) groups excluding carboxylic acids is 2. The van der Waals surface area contributed by atoms with Crippen molar-refractivity contribution in [1.82, 2.24) is 10.2 Å². The summed E-state index contributed by atoms with van der Waals surface area (Å²) in [6.45, 7) is 9.70. The molecule has 0 radical (unpaired) electrons. The number of anilines is 1. The Kier molecular flexibility index (Phi) is 5.39. The van der Waals surface area contributed by atoms with Crippen molar-refractivity contribution in [3.05, 3.63) is 23.8 Å². The molecule has 26 heavy (non-hydrogen) atoms. The summed E-state index contributed by atoms with van der Waals surface area (Å²) in [4.78, 5) is 29.0. The van der Waals surface area contributed by atoms with Crippen LogP contribution in [0.15, 0.2) is 18.2 Å². The number of fused-ring (bicyclic) bond motifs is 1. The van der Waals surface area contributed by atoms with Gasteiger partial charge in [0.1, 0.15) is 11.9 Å². The number of nitrogens with one attached hydrogen (secondary N) is 1. The second kappa shape index (κ2) is 7.56. The third-order valence-electron chi connectivity index (χ3n) is 4.97. The number of rotatable bonds is 2. The van der Waals surface area contributed by atoms with E-state index in [1.807, 2.05) is 55.7 Å². The average Bonchev–Trinajstić information content (AvgIpc) is 2.60. The van der Waals surface area contributed by atoms with E-state index >= 15 is 0 Å². The average molecular weight is 359 g/mol. The van der Waals surface area contributed by atoms with Gasteiger partial charge in [0.25, 0.3) is 0 Å². The van der Waals surface area contributed by atoms with E-state index in [9.17, 15) is 9.59 Å². The second-order valence-corrected chi connectivity index (χ2v) is 7.72. The number of urea groups is 1. The Bertz CT molecular complexity index is 681. The smallest absolute Gasteiger partial charge is 0.324 e. The molecule has 3 amide bonds. The minimum absolute atomic E-state index is 0.000376. The van der Waals surface area contributed by atoms with Gasteiger partial charge in [0.15, 0.2) is 0 Å². The quantitative estimate of drug-likeness (QED) is 0.883. The summed E-state index contributed by atoms with van der Waals surface area (Å²) in [6, 6.07) is 6.09. The molecule has 1 fully saturated rings. The molecule has 1 saturated heterocycles. The lowest BCUT2D eigenvalue weighted by atomic mass is 9.96. The zero-order chi connectivity index (χ0) is 18.8. The van der Waals surface area contributed by atoms with Gasteiger partial charge in [-0.2, -0.15) is 0 Å². The normalized spacial score (nSPS) is 20.6. The molecule has 6 nitrogen and oxygen atoms in total. The van der Waals surface area contributed by atoms with Crippen molar-refractivity contribution in [1.29, 1.82) is 0 Å². The molecule has 0 saturated carbocycles. The standard InChI is InChI=1S/C20H29N3O3/c1-13(2)21-19(24)16-7-9-22(10-8-16)20(25)23-12-15(4)26-18-6-5-14(3)11-17(18)23/h5-6,11,13,15-16H,7-10,12H2,1-4H3,(H,21,24)/t15-/m0/s1. The lowest BCUT2D eigenvalue weighted by molar-refractivity contribution is -0.126. The molecule has 1 aromatic carbocycles. The molecule has 2 aliphatic heterocycles. The van der Waals surface area contributed by atoms with Crippen LogP contribution in [0.2, 0.25) is 0 Å². The highest BCUT2D eigenvalue weighted by molar-refractivity contribution is 5.94. The van der Waals surface area contributed by atoms with E-state index in [0.717, 1.165) is 17.0 Å². The summed E-state index contributed by atoms with van der Waals surface area (Å²) in [6.07, 6.45) is 1.39. The van der Waals surface area contributed by atoms with Crippen LogP contribution >= 0.6 is 0 Å². The number of likely N-dealkylation sites (tertiary alicyclic amines) is 1. The van der Waals surface area contributed by atoms with E-state index in [-0.39, 0.29) is 30.0 Å². The van der Waals surface area contributed by atoms with Crippen LogP contribution in [-0.2, 0) is 4.79 Å². The molecule has 0 spiro atoms. The third kappa shape index (κ3) is 3.94. The summed E-state index contributed by atoms with van der Waals surface area (Å²) >= 11 is 0. The van der Waals surface area contributed by atoms with Crippen molar-refractivity contribution in [3.63, 3.8) is 0 Å².